The van der Waals surface area contributed by atoms with Crippen molar-refractivity contribution in [3.63, 3.8) is 0 Å². The van der Waals surface area contributed by atoms with Gasteiger partial charge in [0, 0.05) is 0 Å². The zero-order valence-electron chi connectivity index (χ0n) is 29.4. The molecule has 2 aromatic carbocycles. The minimum absolute atomic E-state index is 0. The van der Waals surface area contributed by atoms with Gasteiger partial charge >= 0.3 is 37.9 Å². The zero-order chi connectivity index (χ0) is 31.1. The Morgan fingerprint density at radius 3 is 1.44 bits per heavy atom. The van der Waals surface area contributed by atoms with Gasteiger partial charge in [-0.1, -0.05) is 138 Å². The topological polar surface area (TPSA) is 0 Å². The number of benzene rings is 2. The van der Waals surface area contributed by atoms with Crippen molar-refractivity contribution in [1.82, 2.24) is 0 Å². The summed E-state index contributed by atoms with van der Waals surface area (Å²) in [4.78, 5) is 0. The SMILES string of the molecule is Cc1ccc(C2=CC=CC3C2CC(C)C3[Si](C)(C)C2C(C)CC3C(c4ccc(C(C)(C)C)cc4)=CC=CC32)cc1.[CH3-].[CH3-].[Cl][Zr+2][Cl]. The normalized spacial score (nSPS) is 29.9. The fourth-order valence-corrected chi connectivity index (χ4v) is 16.2. The van der Waals surface area contributed by atoms with Crippen LogP contribution in [0, 0.1) is 57.3 Å². The van der Waals surface area contributed by atoms with Crippen LogP contribution >= 0.6 is 17.0 Å². The summed E-state index contributed by atoms with van der Waals surface area (Å²) in [6, 6.07) is 18.8. The van der Waals surface area contributed by atoms with E-state index in [-0.39, 0.29) is 20.3 Å². The van der Waals surface area contributed by atoms with Crippen LogP contribution in [0.15, 0.2) is 85.0 Å². The van der Waals surface area contributed by atoms with Crippen LogP contribution in [0.2, 0.25) is 24.2 Å². The van der Waals surface area contributed by atoms with E-state index in [0.29, 0.717) is 23.7 Å². The second kappa shape index (κ2) is 15.5. The molecule has 4 aliphatic carbocycles. The molecule has 0 N–H and O–H groups in total. The van der Waals surface area contributed by atoms with E-state index >= 15 is 0 Å². The van der Waals surface area contributed by atoms with Crippen molar-refractivity contribution < 1.29 is 20.8 Å². The van der Waals surface area contributed by atoms with Crippen LogP contribution in [-0.2, 0) is 26.3 Å². The van der Waals surface area contributed by atoms with Crippen LogP contribution in [0.1, 0.15) is 69.7 Å². The summed E-state index contributed by atoms with van der Waals surface area (Å²) in [5, 5.41) is 0. The molecule has 8 atom stereocenters. The molecule has 4 heteroatoms. The molecular formula is C41H56Cl2SiZr. The maximum absolute atomic E-state index is 4.93. The molecule has 0 radical (unpaired) electrons. The van der Waals surface area contributed by atoms with Crippen molar-refractivity contribution in [2.24, 2.45) is 35.5 Å². The van der Waals surface area contributed by atoms with Gasteiger partial charge in [-0.25, -0.2) is 0 Å². The average molecular weight is 739 g/mol. The quantitative estimate of drug-likeness (QED) is 0.216. The third-order valence-electron chi connectivity index (χ3n) is 11.4. The Labute approximate surface area is 296 Å². The maximum atomic E-state index is 4.93. The van der Waals surface area contributed by atoms with Crippen LogP contribution in [0.5, 0.6) is 0 Å². The van der Waals surface area contributed by atoms with Crippen molar-refractivity contribution in [2.45, 2.75) is 84.0 Å². The second-order valence-electron chi connectivity index (χ2n) is 15.4. The summed E-state index contributed by atoms with van der Waals surface area (Å²) in [6.07, 6.45) is 17.6. The molecule has 8 unspecified atom stereocenters. The predicted molar refractivity (Wildman–Crippen MR) is 202 cm³/mol. The first-order valence-corrected chi connectivity index (χ1v) is 25.8. The summed E-state index contributed by atoms with van der Waals surface area (Å²) >= 11 is -0.826. The average Bonchev–Trinajstić information content (AvgIpc) is 3.49. The summed E-state index contributed by atoms with van der Waals surface area (Å²) in [5.41, 5.74) is 10.7. The number of fused-ring (bicyclic) bond motifs is 2. The van der Waals surface area contributed by atoms with Gasteiger partial charge in [-0.2, -0.15) is 0 Å². The van der Waals surface area contributed by atoms with Crippen molar-refractivity contribution >= 4 is 36.2 Å². The number of halogens is 2. The molecule has 0 heterocycles. The molecule has 0 nitrogen and oxygen atoms in total. The standard InChI is InChI=1S/C39H50Si.2CH3.2ClH.Zr/c1-25-15-17-28(18-16-25)31-11-9-13-33-35(31)23-26(2)37(33)40(7,8)38-27(3)24-36-32(12-10-14-34(36)38)29-19-21-30(22-20-29)39(4,5)6;;;;;/h9-22,26-27,33-38H,23-24H2,1-8H3;2*1H3;2*1H;/q;2*-1;;;+4/p-2. The first-order valence-electron chi connectivity index (χ1n) is 16.3. The van der Waals surface area contributed by atoms with Crippen LogP contribution in [0.4, 0.5) is 0 Å². The molecule has 0 saturated heterocycles. The fourth-order valence-electron chi connectivity index (χ4n) is 9.88. The van der Waals surface area contributed by atoms with Gasteiger partial charge in [0.1, 0.15) is 0 Å². The Bertz CT molecular complexity index is 1390. The zero-order valence-corrected chi connectivity index (χ0v) is 34.3. The molecular weight excluding hydrogens is 683 g/mol. The summed E-state index contributed by atoms with van der Waals surface area (Å²) in [6.45, 7) is 19.9. The number of rotatable bonds is 4. The van der Waals surface area contributed by atoms with Gasteiger partial charge in [0.15, 0.2) is 0 Å². The van der Waals surface area contributed by atoms with Gasteiger partial charge < -0.3 is 14.9 Å². The van der Waals surface area contributed by atoms with E-state index in [1.807, 2.05) is 0 Å². The van der Waals surface area contributed by atoms with Crippen LogP contribution in [0.25, 0.3) is 11.1 Å². The van der Waals surface area contributed by atoms with Crippen LogP contribution in [0.3, 0.4) is 0 Å². The van der Waals surface area contributed by atoms with E-state index in [1.165, 1.54) is 35.1 Å². The molecule has 6 rings (SSSR count). The van der Waals surface area contributed by atoms with E-state index in [0.717, 1.165) is 22.9 Å². The van der Waals surface area contributed by atoms with Crippen LogP contribution < -0.4 is 0 Å². The molecule has 0 amide bonds. The monoisotopic (exact) mass is 736 g/mol. The van der Waals surface area contributed by atoms with Crippen LogP contribution in [-0.4, -0.2) is 8.07 Å². The van der Waals surface area contributed by atoms with E-state index in [4.69, 9.17) is 17.0 Å². The van der Waals surface area contributed by atoms with Gasteiger partial charge in [0.05, 0.1) is 8.07 Å². The Morgan fingerprint density at radius 1 is 0.689 bits per heavy atom. The van der Waals surface area contributed by atoms with E-state index < -0.39 is 28.9 Å². The fraction of sp³-hybridized carbons (Fsp3) is 0.463. The van der Waals surface area contributed by atoms with Gasteiger partial charge in [-0.05, 0) is 99.6 Å². The van der Waals surface area contributed by atoms with E-state index in [2.05, 4.69) is 140 Å². The molecule has 45 heavy (non-hydrogen) atoms. The number of aryl methyl sites for hydroxylation is 1. The first kappa shape index (κ1) is 38.5. The molecule has 0 spiro atoms. The predicted octanol–water partition coefficient (Wildman–Crippen LogP) is 13.2. The Balaban J connectivity index is 0.00000106. The van der Waals surface area contributed by atoms with Gasteiger partial charge in [-0.15, -0.1) is 0 Å². The van der Waals surface area contributed by atoms with Crippen molar-refractivity contribution in [3.8, 4) is 0 Å². The molecule has 242 valence electrons. The Morgan fingerprint density at radius 2 is 1.07 bits per heavy atom. The van der Waals surface area contributed by atoms with Crippen molar-refractivity contribution in [1.29, 1.82) is 0 Å². The van der Waals surface area contributed by atoms with Crippen molar-refractivity contribution in [2.75, 3.05) is 0 Å². The molecule has 0 bridgehead atoms. The molecule has 2 fully saturated rings. The minimum atomic E-state index is -1.64. The molecule has 4 aliphatic rings. The van der Waals surface area contributed by atoms with E-state index in [9.17, 15) is 0 Å². The Kier molecular flexibility index (Phi) is 13.3. The van der Waals surface area contributed by atoms with Gasteiger partial charge in [0.2, 0.25) is 0 Å². The van der Waals surface area contributed by atoms with E-state index in [1.54, 1.807) is 11.1 Å². The van der Waals surface area contributed by atoms with Gasteiger partial charge in [-0.3, -0.25) is 0 Å². The third kappa shape index (κ3) is 7.71. The molecule has 0 aromatic heterocycles. The Hall–Kier alpha value is -0.920. The molecule has 2 saturated carbocycles. The summed E-state index contributed by atoms with van der Waals surface area (Å²) in [7, 11) is 8.23. The first-order chi connectivity index (χ1) is 20.4. The molecule has 0 aliphatic heterocycles. The van der Waals surface area contributed by atoms with Crippen molar-refractivity contribution in [3.05, 3.63) is 122 Å². The number of allylic oxidation sites excluding steroid dienone is 8. The summed E-state index contributed by atoms with van der Waals surface area (Å²) in [5.74, 6) is 4.27. The number of hydrogen-bond acceptors (Lipinski definition) is 0. The third-order valence-corrected chi connectivity index (χ3v) is 16.8. The second-order valence-corrected chi connectivity index (χ2v) is 24.2. The summed E-state index contributed by atoms with van der Waals surface area (Å²) < 4.78 is 0. The number of hydrogen-bond donors (Lipinski definition) is 0. The van der Waals surface area contributed by atoms with Gasteiger partial charge in [0.25, 0.3) is 0 Å². The molecule has 2 aromatic rings.